The Morgan fingerprint density at radius 2 is 2.25 bits per heavy atom. The number of hydrogen-bond acceptors (Lipinski definition) is 1. The first-order chi connectivity index (χ1) is 3.72. The first-order valence-corrected chi connectivity index (χ1v) is 2.62. The molecule has 0 aliphatic rings. The van der Waals surface area contributed by atoms with E-state index in [9.17, 15) is 4.39 Å². The van der Waals surface area contributed by atoms with E-state index in [-0.39, 0.29) is 0 Å². The third-order valence-electron chi connectivity index (χ3n) is 1.01. The van der Waals surface area contributed by atoms with Crippen LogP contribution in [-0.2, 0) is 0 Å². The zero-order valence-corrected chi connectivity index (χ0v) is 5.16. The molecule has 0 heterocycles. The Hall–Kier alpha value is -0.660. The van der Waals surface area contributed by atoms with Crippen LogP contribution in [0.5, 0.6) is 0 Å². The van der Waals surface area contributed by atoms with Crippen LogP contribution in [0, 0.1) is 5.41 Å². The van der Waals surface area contributed by atoms with E-state index in [4.69, 9.17) is 5.41 Å². The molecule has 0 aromatic rings. The van der Waals surface area contributed by atoms with Crippen molar-refractivity contribution in [2.75, 3.05) is 0 Å². The van der Waals surface area contributed by atoms with E-state index in [1.807, 2.05) is 6.92 Å². The molecule has 0 aliphatic carbocycles. The third-order valence-corrected chi connectivity index (χ3v) is 1.01. The molecule has 0 radical (unpaired) electrons. The van der Waals surface area contributed by atoms with E-state index in [1.54, 1.807) is 13.0 Å². The van der Waals surface area contributed by atoms with Gasteiger partial charge in [-0.2, -0.15) is 4.39 Å². The summed E-state index contributed by atoms with van der Waals surface area (Å²) in [6, 6.07) is 0. The minimum atomic E-state index is -0.810. The van der Waals surface area contributed by atoms with Gasteiger partial charge in [0.2, 0.25) is 5.97 Å². The van der Waals surface area contributed by atoms with Gasteiger partial charge in [-0.25, -0.2) is 0 Å². The third kappa shape index (κ3) is 1.87. The quantitative estimate of drug-likeness (QED) is 0.534. The predicted octanol–water partition coefficient (Wildman–Crippen LogP) is 2.29. The SMILES string of the molecule is C/C=C(\CC)C(=N)F. The average molecular weight is 115 g/mol. The highest BCUT2D eigenvalue weighted by atomic mass is 19.1. The lowest BCUT2D eigenvalue weighted by molar-refractivity contribution is 0.785. The van der Waals surface area contributed by atoms with Crippen molar-refractivity contribution < 1.29 is 4.39 Å². The van der Waals surface area contributed by atoms with E-state index >= 15 is 0 Å². The molecule has 0 aliphatic heterocycles. The molecule has 0 spiro atoms. The summed E-state index contributed by atoms with van der Waals surface area (Å²) in [7, 11) is 0. The molecule has 0 aromatic heterocycles. The Morgan fingerprint density at radius 3 is 2.25 bits per heavy atom. The molecular formula is C6H10FN. The van der Waals surface area contributed by atoms with Crippen LogP contribution in [0.25, 0.3) is 0 Å². The highest BCUT2D eigenvalue weighted by molar-refractivity contribution is 5.89. The molecular weight excluding hydrogens is 105 g/mol. The summed E-state index contributed by atoms with van der Waals surface area (Å²) in [6.45, 7) is 3.55. The summed E-state index contributed by atoms with van der Waals surface area (Å²) < 4.78 is 11.9. The molecule has 2 heteroatoms. The van der Waals surface area contributed by atoms with Crippen LogP contribution in [0.4, 0.5) is 4.39 Å². The normalized spacial score (nSPS) is 11.6. The topological polar surface area (TPSA) is 23.9 Å². The Labute approximate surface area is 48.7 Å². The maximum atomic E-state index is 11.9. The minimum absolute atomic E-state index is 0.477. The Morgan fingerprint density at radius 1 is 1.75 bits per heavy atom. The van der Waals surface area contributed by atoms with Crippen LogP contribution < -0.4 is 0 Å². The van der Waals surface area contributed by atoms with E-state index < -0.39 is 5.97 Å². The number of halogens is 1. The molecule has 0 saturated heterocycles. The predicted molar refractivity (Wildman–Crippen MR) is 32.9 cm³/mol. The first-order valence-electron chi connectivity index (χ1n) is 2.62. The molecule has 0 aromatic carbocycles. The van der Waals surface area contributed by atoms with Crippen molar-refractivity contribution in [2.24, 2.45) is 0 Å². The number of hydrogen-bond donors (Lipinski definition) is 1. The second-order valence-corrected chi connectivity index (χ2v) is 1.48. The average Bonchev–Trinajstić information content (AvgIpc) is 1.69. The molecule has 1 nitrogen and oxygen atoms in total. The molecule has 1 N–H and O–H groups in total. The number of rotatable bonds is 2. The number of nitrogens with one attached hydrogen (secondary N) is 1. The van der Waals surface area contributed by atoms with E-state index in [0.717, 1.165) is 0 Å². The fourth-order valence-electron chi connectivity index (χ4n) is 0.486. The van der Waals surface area contributed by atoms with Crippen LogP contribution >= 0.6 is 0 Å². The maximum Gasteiger partial charge on any atom is 0.208 e. The summed E-state index contributed by atoms with van der Waals surface area (Å²) >= 11 is 0. The Kier molecular flexibility index (Phi) is 3.08. The van der Waals surface area contributed by atoms with Crippen LogP contribution in [0.1, 0.15) is 20.3 Å². The Bertz CT molecular complexity index is 116. The zero-order valence-electron chi connectivity index (χ0n) is 5.16. The van der Waals surface area contributed by atoms with E-state index in [0.29, 0.717) is 12.0 Å². The standard InChI is InChI=1S/C6H10FN/c1-3-5(4-2)6(7)8/h3,8H,4H2,1-2H3/b5-3+,8-6?. The second-order valence-electron chi connectivity index (χ2n) is 1.48. The van der Waals surface area contributed by atoms with Crippen molar-refractivity contribution in [3.8, 4) is 0 Å². The molecule has 0 rings (SSSR count). The summed E-state index contributed by atoms with van der Waals surface area (Å²) in [5, 5.41) is 6.52. The van der Waals surface area contributed by atoms with Crippen molar-refractivity contribution in [2.45, 2.75) is 20.3 Å². The maximum absolute atomic E-state index is 11.9. The van der Waals surface area contributed by atoms with Crippen LogP contribution in [0.3, 0.4) is 0 Å². The lowest BCUT2D eigenvalue weighted by Crippen LogP contribution is -1.89. The smallest absolute Gasteiger partial charge is 0.208 e. The van der Waals surface area contributed by atoms with E-state index in [1.165, 1.54) is 0 Å². The minimum Gasteiger partial charge on any atom is -0.274 e. The van der Waals surface area contributed by atoms with Gasteiger partial charge in [-0.15, -0.1) is 0 Å². The molecule has 0 bridgehead atoms. The first kappa shape index (κ1) is 7.34. The molecule has 0 unspecified atom stereocenters. The van der Waals surface area contributed by atoms with E-state index in [2.05, 4.69) is 0 Å². The fourth-order valence-corrected chi connectivity index (χ4v) is 0.486. The van der Waals surface area contributed by atoms with Gasteiger partial charge in [0.05, 0.1) is 0 Å². The van der Waals surface area contributed by atoms with Gasteiger partial charge in [-0.3, -0.25) is 5.41 Å². The molecule has 0 amide bonds. The molecule has 46 valence electrons. The lowest BCUT2D eigenvalue weighted by atomic mass is 10.2. The van der Waals surface area contributed by atoms with Gasteiger partial charge in [0.15, 0.2) is 0 Å². The molecule has 8 heavy (non-hydrogen) atoms. The fraction of sp³-hybridized carbons (Fsp3) is 0.500. The summed E-state index contributed by atoms with van der Waals surface area (Å²) in [6.07, 6.45) is 2.22. The highest BCUT2D eigenvalue weighted by Crippen LogP contribution is 2.01. The van der Waals surface area contributed by atoms with Gasteiger partial charge >= 0.3 is 0 Å². The largest absolute Gasteiger partial charge is 0.274 e. The molecule has 0 atom stereocenters. The van der Waals surface area contributed by atoms with Crippen LogP contribution in [0.15, 0.2) is 11.6 Å². The van der Waals surface area contributed by atoms with Crippen molar-refractivity contribution in [3.63, 3.8) is 0 Å². The Balaban J connectivity index is 3.92. The summed E-state index contributed by atoms with van der Waals surface area (Å²) in [4.78, 5) is 0. The second kappa shape index (κ2) is 3.36. The van der Waals surface area contributed by atoms with Crippen molar-refractivity contribution in [1.29, 1.82) is 5.41 Å². The van der Waals surface area contributed by atoms with Gasteiger partial charge in [0.1, 0.15) is 0 Å². The molecule has 0 saturated carbocycles. The highest BCUT2D eigenvalue weighted by Gasteiger charge is 1.96. The summed E-state index contributed by atoms with van der Waals surface area (Å²) in [5.74, 6) is -0.810. The van der Waals surface area contributed by atoms with Gasteiger partial charge in [-0.1, -0.05) is 13.0 Å². The molecule has 0 fully saturated rings. The van der Waals surface area contributed by atoms with Gasteiger partial charge in [0, 0.05) is 5.57 Å². The van der Waals surface area contributed by atoms with Gasteiger partial charge in [-0.05, 0) is 13.3 Å². The number of allylic oxidation sites excluding steroid dienone is 2. The van der Waals surface area contributed by atoms with Crippen molar-refractivity contribution in [1.82, 2.24) is 0 Å². The zero-order chi connectivity index (χ0) is 6.57. The van der Waals surface area contributed by atoms with Crippen LogP contribution in [-0.4, -0.2) is 5.97 Å². The van der Waals surface area contributed by atoms with Crippen molar-refractivity contribution >= 4 is 5.97 Å². The summed E-state index contributed by atoms with van der Waals surface area (Å²) in [5.41, 5.74) is 0.477. The lowest BCUT2D eigenvalue weighted by Gasteiger charge is -1.92. The van der Waals surface area contributed by atoms with Crippen molar-refractivity contribution in [3.05, 3.63) is 11.6 Å². The van der Waals surface area contributed by atoms with Crippen LogP contribution in [0.2, 0.25) is 0 Å². The monoisotopic (exact) mass is 115 g/mol. The van der Waals surface area contributed by atoms with Gasteiger partial charge in [0.25, 0.3) is 0 Å². The van der Waals surface area contributed by atoms with Gasteiger partial charge < -0.3 is 0 Å².